The smallest absolute Gasteiger partial charge is 0.347 e. The lowest BCUT2D eigenvalue weighted by molar-refractivity contribution is -0.137. The molecule has 0 bridgehead atoms. The molecule has 0 aliphatic rings. The predicted octanol–water partition coefficient (Wildman–Crippen LogP) is 4.97. The number of hydrogen-bond donors (Lipinski definition) is 4. The molecule has 0 aromatic heterocycles. The Morgan fingerprint density at radius 3 is 2.10 bits per heavy atom. The second-order valence-electron chi connectivity index (χ2n) is 7.39. The molecule has 0 saturated carbocycles. The highest BCUT2D eigenvalue weighted by atomic mass is 31.2. The lowest BCUT2D eigenvalue weighted by Crippen LogP contribution is -2.35. The van der Waals surface area contributed by atoms with Crippen LogP contribution in [-0.2, 0) is 26.5 Å². The minimum absolute atomic E-state index is 0.342. The number of halogens is 3. The van der Waals surface area contributed by atoms with Crippen molar-refractivity contribution in [2.75, 3.05) is 6.61 Å². The number of ether oxygens (including phenoxy) is 1. The molecule has 0 amide bonds. The second kappa shape index (κ2) is 10.6. The third kappa shape index (κ3) is 7.99. The molecule has 0 aliphatic carbocycles. The summed E-state index contributed by atoms with van der Waals surface area (Å²) in [5.74, 6) is 0. The Bertz CT molecular complexity index is 887. The molecule has 1 aromatic carbocycles. The van der Waals surface area contributed by atoms with Crippen molar-refractivity contribution in [1.29, 1.82) is 0 Å². The van der Waals surface area contributed by atoms with Crippen LogP contribution in [0.5, 0.6) is 0 Å². The van der Waals surface area contributed by atoms with Gasteiger partial charge in [0.05, 0.1) is 12.2 Å². The maximum Gasteiger partial charge on any atom is 0.416 e. The van der Waals surface area contributed by atoms with Gasteiger partial charge in [-0.2, -0.15) is 13.2 Å². The summed E-state index contributed by atoms with van der Waals surface area (Å²) in [7, 11) is -11.3. The highest BCUT2D eigenvalue weighted by Crippen LogP contribution is 2.70. The van der Waals surface area contributed by atoms with Crippen molar-refractivity contribution in [3.8, 4) is 0 Å². The first-order valence-corrected chi connectivity index (χ1v) is 12.4. The van der Waals surface area contributed by atoms with Crippen LogP contribution in [0, 0.1) is 0 Å². The van der Waals surface area contributed by atoms with Crippen molar-refractivity contribution in [2.45, 2.75) is 51.3 Å². The number of allylic oxidation sites excluding steroid dienone is 3. The van der Waals surface area contributed by atoms with Crippen LogP contribution in [0.2, 0.25) is 0 Å². The van der Waals surface area contributed by atoms with E-state index in [9.17, 15) is 41.9 Å². The van der Waals surface area contributed by atoms with Crippen molar-refractivity contribution in [1.82, 2.24) is 0 Å². The maximum absolute atomic E-state index is 13.0. The molecule has 4 N–H and O–H groups in total. The monoisotopic (exact) mass is 486 g/mol. The van der Waals surface area contributed by atoms with E-state index in [0.29, 0.717) is 18.9 Å². The number of alkyl halides is 3. The number of hydrogen-bond acceptors (Lipinski definition) is 3. The van der Waals surface area contributed by atoms with Crippen LogP contribution < -0.4 is 0 Å². The average Bonchev–Trinajstić information content (AvgIpc) is 2.58. The van der Waals surface area contributed by atoms with E-state index in [4.69, 9.17) is 4.74 Å². The van der Waals surface area contributed by atoms with E-state index in [1.807, 2.05) is 19.9 Å². The summed E-state index contributed by atoms with van der Waals surface area (Å²) in [5.41, 5.74) is 0.394. The zero-order chi connectivity index (χ0) is 24.1. The molecule has 0 heterocycles. The minimum atomic E-state index is -5.65. The summed E-state index contributed by atoms with van der Waals surface area (Å²) >= 11 is 0. The second-order valence-corrected chi connectivity index (χ2v) is 11.4. The van der Waals surface area contributed by atoms with Crippen LogP contribution in [0.4, 0.5) is 13.2 Å². The van der Waals surface area contributed by atoms with Crippen molar-refractivity contribution in [2.24, 2.45) is 0 Å². The van der Waals surface area contributed by atoms with Crippen molar-refractivity contribution < 1.29 is 46.6 Å². The largest absolute Gasteiger partial charge is 0.416 e. The summed E-state index contributed by atoms with van der Waals surface area (Å²) < 4.78 is 68.2. The van der Waals surface area contributed by atoms with E-state index < -0.39 is 45.0 Å². The molecule has 0 spiro atoms. The Morgan fingerprint density at radius 2 is 1.61 bits per heavy atom. The summed E-state index contributed by atoms with van der Waals surface area (Å²) in [6.45, 7) is 5.01. The molecule has 176 valence electrons. The lowest BCUT2D eigenvalue weighted by atomic mass is 10.1. The topological polar surface area (TPSA) is 124 Å². The minimum Gasteiger partial charge on any atom is -0.347 e. The first-order valence-electron chi connectivity index (χ1n) is 9.20. The Kier molecular flexibility index (Phi) is 9.48. The molecule has 0 saturated heterocycles. The van der Waals surface area contributed by atoms with Gasteiger partial charge >= 0.3 is 21.4 Å². The van der Waals surface area contributed by atoms with E-state index >= 15 is 0 Å². The quantitative estimate of drug-likeness (QED) is 0.272. The van der Waals surface area contributed by atoms with Crippen LogP contribution >= 0.6 is 15.2 Å². The zero-order valence-electron chi connectivity index (χ0n) is 17.3. The maximum atomic E-state index is 13.0. The van der Waals surface area contributed by atoms with E-state index in [0.717, 1.165) is 29.3 Å². The molecule has 1 rings (SSSR count). The van der Waals surface area contributed by atoms with Crippen molar-refractivity contribution in [3.05, 3.63) is 58.7 Å². The van der Waals surface area contributed by atoms with Crippen molar-refractivity contribution >= 4 is 15.2 Å². The summed E-state index contributed by atoms with van der Waals surface area (Å²) in [4.78, 5) is 39.1. The van der Waals surface area contributed by atoms with Gasteiger partial charge in [0.2, 0.25) is 0 Å². The van der Waals surface area contributed by atoms with Crippen LogP contribution in [0.3, 0.4) is 0 Å². The fraction of sp³-hybridized carbons (Fsp3) is 0.474. The standard InChI is InChI=1S/C19H27F3O7P2/c1-14(2)6-4-7-15(3)10-11-29-18(30(23,24)25,31(26,27)28)13-16-8-5-9-17(12-16)19(20,21)22/h5-6,8-10,12H,4,7,11,13H2,1-3H3,(H2,23,24,25)(H2,26,27,28)/b15-10+. The lowest BCUT2D eigenvalue weighted by Gasteiger charge is -2.34. The Hall–Kier alpha value is -1.25. The van der Waals surface area contributed by atoms with Gasteiger partial charge in [0.15, 0.2) is 0 Å². The molecule has 0 radical (unpaired) electrons. The van der Waals surface area contributed by atoms with Gasteiger partial charge < -0.3 is 24.3 Å². The molecule has 0 unspecified atom stereocenters. The third-order valence-corrected chi connectivity index (χ3v) is 8.39. The molecule has 31 heavy (non-hydrogen) atoms. The molecule has 0 atom stereocenters. The molecule has 0 fully saturated rings. The summed E-state index contributed by atoms with van der Waals surface area (Å²) in [5, 5.41) is -3.32. The number of rotatable bonds is 10. The van der Waals surface area contributed by atoms with Gasteiger partial charge in [0.1, 0.15) is 0 Å². The van der Waals surface area contributed by atoms with Crippen LogP contribution in [-0.4, -0.2) is 31.3 Å². The van der Waals surface area contributed by atoms with Gasteiger partial charge in [-0.1, -0.05) is 41.5 Å². The molecule has 7 nitrogen and oxygen atoms in total. The number of benzene rings is 1. The predicted molar refractivity (Wildman–Crippen MR) is 110 cm³/mol. The van der Waals surface area contributed by atoms with Gasteiger partial charge in [-0.05, 0) is 45.2 Å². The van der Waals surface area contributed by atoms with E-state index in [2.05, 4.69) is 0 Å². The Labute approximate surface area is 179 Å². The first-order chi connectivity index (χ1) is 14.0. The van der Waals surface area contributed by atoms with Crippen molar-refractivity contribution in [3.63, 3.8) is 0 Å². The SMILES string of the molecule is CC(C)=CCC/C(C)=C/COC(Cc1cccc(C(F)(F)F)c1)(P(=O)(O)O)P(=O)(O)O. The van der Waals surface area contributed by atoms with E-state index in [1.165, 1.54) is 6.08 Å². The molecule has 1 aromatic rings. The molecule has 0 aliphatic heterocycles. The molecular weight excluding hydrogens is 459 g/mol. The summed E-state index contributed by atoms with van der Waals surface area (Å²) in [6, 6.07) is 3.37. The Balaban J connectivity index is 3.25. The highest BCUT2D eigenvalue weighted by molar-refractivity contribution is 7.72. The Morgan fingerprint density at radius 1 is 1.03 bits per heavy atom. The van der Waals surface area contributed by atoms with Crippen LogP contribution in [0.25, 0.3) is 0 Å². The van der Waals surface area contributed by atoms with E-state index in [-0.39, 0.29) is 5.56 Å². The van der Waals surface area contributed by atoms with Crippen LogP contribution in [0.15, 0.2) is 47.6 Å². The molecule has 12 heteroatoms. The van der Waals surface area contributed by atoms with Gasteiger partial charge in [0.25, 0.3) is 5.08 Å². The third-order valence-electron chi connectivity index (χ3n) is 4.44. The zero-order valence-corrected chi connectivity index (χ0v) is 19.1. The van der Waals surface area contributed by atoms with Gasteiger partial charge in [-0.3, -0.25) is 9.13 Å². The van der Waals surface area contributed by atoms with Gasteiger partial charge in [0, 0.05) is 6.42 Å². The average molecular weight is 486 g/mol. The fourth-order valence-electron chi connectivity index (χ4n) is 2.73. The normalized spacial score (nSPS) is 13.9. The van der Waals surface area contributed by atoms with Gasteiger partial charge in [-0.25, -0.2) is 0 Å². The summed E-state index contributed by atoms with van der Waals surface area (Å²) in [6.07, 6.45) is -1.18. The van der Waals surface area contributed by atoms with E-state index in [1.54, 1.807) is 6.92 Å². The van der Waals surface area contributed by atoms with Gasteiger partial charge in [-0.15, -0.1) is 0 Å². The fourth-order valence-corrected chi connectivity index (χ4v) is 5.35. The van der Waals surface area contributed by atoms with Crippen LogP contribution in [0.1, 0.15) is 44.7 Å². The highest BCUT2D eigenvalue weighted by Gasteiger charge is 2.61. The molecular formula is C19H27F3O7P2. The first kappa shape index (κ1) is 27.8.